The zero-order valence-corrected chi connectivity index (χ0v) is 28.2. The molecule has 0 N–H and O–H groups in total. The molecule has 0 spiro atoms. The van der Waals surface area contributed by atoms with Crippen LogP contribution in [0, 0.1) is 0 Å². The van der Waals surface area contributed by atoms with Crippen LogP contribution in [0.5, 0.6) is 0 Å². The van der Waals surface area contributed by atoms with Crippen molar-refractivity contribution >= 4 is 75.3 Å². The maximum absolute atomic E-state index is 5.31. The van der Waals surface area contributed by atoms with Crippen LogP contribution < -0.4 is 0 Å². The van der Waals surface area contributed by atoms with Crippen molar-refractivity contribution in [3.05, 3.63) is 170 Å². The van der Waals surface area contributed by atoms with E-state index in [1.165, 1.54) is 48.3 Å². The van der Waals surface area contributed by atoms with Crippen molar-refractivity contribution in [2.24, 2.45) is 0 Å². The number of para-hydroxylation sites is 4. The summed E-state index contributed by atoms with van der Waals surface area (Å²) in [6.07, 6.45) is 0. The Bertz CT molecular complexity index is 3020. The molecule has 0 saturated carbocycles. The van der Waals surface area contributed by atoms with Crippen molar-refractivity contribution in [2.75, 3.05) is 0 Å². The number of hydrogen-bond acceptors (Lipinski definition) is 3. The van der Waals surface area contributed by atoms with Gasteiger partial charge in [-0.2, -0.15) is 0 Å². The van der Waals surface area contributed by atoms with Gasteiger partial charge >= 0.3 is 0 Å². The van der Waals surface area contributed by atoms with Crippen LogP contribution in [0.3, 0.4) is 0 Å². The maximum Gasteiger partial charge on any atom is 0.160 e. The lowest BCUT2D eigenvalue weighted by Gasteiger charge is -2.11. The number of hydrogen-bond donors (Lipinski definition) is 0. The lowest BCUT2D eigenvalue weighted by Crippen LogP contribution is -1.97. The van der Waals surface area contributed by atoms with Crippen LogP contribution in [-0.2, 0) is 0 Å². The van der Waals surface area contributed by atoms with E-state index >= 15 is 0 Å². The molecule has 0 unspecified atom stereocenters. The summed E-state index contributed by atoms with van der Waals surface area (Å²) in [5.41, 5.74) is 11.0. The molecule has 4 aromatic heterocycles. The average molecular weight is 669 g/mol. The summed E-state index contributed by atoms with van der Waals surface area (Å²) in [5.74, 6) is 0.723. The minimum absolute atomic E-state index is 0.723. The molecule has 0 amide bonds. The maximum atomic E-state index is 5.31. The highest BCUT2D eigenvalue weighted by Gasteiger charge is 2.18. The number of thiophene rings is 1. The van der Waals surface area contributed by atoms with Crippen molar-refractivity contribution in [2.45, 2.75) is 0 Å². The summed E-state index contributed by atoms with van der Waals surface area (Å²) in [6, 6.07) is 60.6. The van der Waals surface area contributed by atoms with E-state index in [2.05, 4.69) is 179 Å². The number of nitrogens with zero attached hydrogens (tertiary/aromatic N) is 4. The highest BCUT2D eigenvalue weighted by Crippen LogP contribution is 2.40. The van der Waals surface area contributed by atoms with Gasteiger partial charge in [0, 0.05) is 54.1 Å². The molecular formula is C46H28N4S. The third-order valence-electron chi connectivity index (χ3n) is 10.2. The molecular weight excluding hydrogens is 641 g/mol. The Balaban J connectivity index is 1.06. The van der Waals surface area contributed by atoms with Gasteiger partial charge in [0.25, 0.3) is 0 Å². The molecule has 238 valence electrons. The Morgan fingerprint density at radius 2 is 0.784 bits per heavy atom. The third-order valence-corrected chi connectivity index (χ3v) is 11.3. The van der Waals surface area contributed by atoms with Gasteiger partial charge in [-0.15, -0.1) is 11.3 Å². The summed E-state index contributed by atoms with van der Waals surface area (Å²) in [4.78, 5) is 10.5. The van der Waals surface area contributed by atoms with Crippen LogP contribution in [0.15, 0.2) is 170 Å². The third kappa shape index (κ3) is 4.25. The van der Waals surface area contributed by atoms with E-state index in [0.29, 0.717) is 0 Å². The summed E-state index contributed by atoms with van der Waals surface area (Å²) in [6.45, 7) is 0. The normalized spacial score (nSPS) is 11.9. The predicted molar refractivity (Wildman–Crippen MR) is 214 cm³/mol. The van der Waals surface area contributed by atoms with Gasteiger partial charge in [-0.3, -0.25) is 0 Å². The first-order chi connectivity index (χ1) is 25.3. The molecule has 0 aliphatic heterocycles. The van der Waals surface area contributed by atoms with E-state index in [1.807, 2.05) is 0 Å². The Morgan fingerprint density at radius 1 is 0.373 bits per heavy atom. The van der Waals surface area contributed by atoms with Crippen LogP contribution in [0.4, 0.5) is 0 Å². The van der Waals surface area contributed by atoms with Gasteiger partial charge in [-0.25, -0.2) is 9.97 Å². The topological polar surface area (TPSA) is 35.6 Å². The van der Waals surface area contributed by atoms with E-state index in [4.69, 9.17) is 9.97 Å². The highest BCUT2D eigenvalue weighted by atomic mass is 32.1. The van der Waals surface area contributed by atoms with Gasteiger partial charge in [-0.1, -0.05) is 103 Å². The van der Waals surface area contributed by atoms with Crippen LogP contribution in [0.2, 0.25) is 0 Å². The van der Waals surface area contributed by atoms with E-state index in [-0.39, 0.29) is 0 Å². The Kier molecular flexibility index (Phi) is 6.09. The van der Waals surface area contributed by atoms with Crippen LogP contribution in [-0.4, -0.2) is 19.1 Å². The molecule has 4 nitrogen and oxygen atoms in total. The average Bonchev–Trinajstić information content (AvgIpc) is 3.86. The monoisotopic (exact) mass is 668 g/mol. The zero-order valence-electron chi connectivity index (χ0n) is 27.4. The first kappa shape index (κ1) is 28.3. The molecule has 0 atom stereocenters. The molecule has 0 aliphatic rings. The first-order valence-corrected chi connectivity index (χ1v) is 18.0. The summed E-state index contributed by atoms with van der Waals surface area (Å²) in [5, 5.41) is 6.18. The highest BCUT2D eigenvalue weighted by molar-refractivity contribution is 7.26. The fraction of sp³-hybridized carbons (Fsp3) is 0. The first-order valence-electron chi connectivity index (χ1n) is 17.2. The van der Waals surface area contributed by atoms with Crippen molar-refractivity contribution in [1.29, 1.82) is 0 Å². The zero-order chi connectivity index (χ0) is 33.5. The second kappa shape index (κ2) is 11.0. The van der Waals surface area contributed by atoms with E-state index < -0.39 is 0 Å². The van der Waals surface area contributed by atoms with Gasteiger partial charge in [0.2, 0.25) is 0 Å². The molecule has 5 heteroatoms. The van der Waals surface area contributed by atoms with E-state index in [0.717, 1.165) is 49.6 Å². The van der Waals surface area contributed by atoms with Crippen molar-refractivity contribution in [3.63, 3.8) is 0 Å². The minimum Gasteiger partial charge on any atom is -0.309 e. The van der Waals surface area contributed by atoms with Crippen LogP contribution in [0.1, 0.15) is 0 Å². The quantitative estimate of drug-likeness (QED) is 0.187. The van der Waals surface area contributed by atoms with Gasteiger partial charge in [0.15, 0.2) is 5.82 Å². The van der Waals surface area contributed by atoms with Crippen molar-refractivity contribution in [3.8, 4) is 34.0 Å². The molecule has 7 aromatic carbocycles. The number of fused-ring (bicyclic) bond motifs is 9. The summed E-state index contributed by atoms with van der Waals surface area (Å²) in [7, 11) is 0. The summed E-state index contributed by atoms with van der Waals surface area (Å²) >= 11 is 1.76. The Morgan fingerprint density at radius 3 is 1.27 bits per heavy atom. The largest absolute Gasteiger partial charge is 0.309 e. The van der Waals surface area contributed by atoms with Crippen molar-refractivity contribution in [1.82, 2.24) is 19.1 Å². The van der Waals surface area contributed by atoms with Crippen molar-refractivity contribution < 1.29 is 0 Å². The lowest BCUT2D eigenvalue weighted by atomic mass is 10.1. The SMILES string of the molecule is c1ccc2c(c1)sc1c(-c3ccc(-n4c5ccccc5c5ccccc54)cc3)nc(-c3ccc(-n4c5ccccc5c5ccccc54)cc3)nc12. The minimum atomic E-state index is 0.723. The fourth-order valence-corrected chi connectivity index (χ4v) is 9.00. The predicted octanol–water partition coefficient (Wildman–Crippen LogP) is 12.4. The Hall–Kier alpha value is -6.56. The lowest BCUT2D eigenvalue weighted by molar-refractivity contribution is 1.17. The smallest absolute Gasteiger partial charge is 0.160 e. The standard InChI is InChI=1S/C46H28N4S/c1-6-16-38-33(11-1)34-12-2-7-17-39(34)49(38)31-25-21-29(22-26-31)43-45-44(37-15-5-10-20-42(37)51-45)48-46(47-43)30-23-27-32(28-24-30)50-40-18-8-3-13-35(40)36-14-4-9-19-41(36)50/h1-28H. The Labute approximate surface area is 297 Å². The molecule has 0 bridgehead atoms. The van der Waals surface area contributed by atoms with Crippen LogP contribution >= 0.6 is 11.3 Å². The molecule has 0 aliphatic carbocycles. The molecule has 11 aromatic rings. The van der Waals surface area contributed by atoms with Gasteiger partial charge in [0.05, 0.1) is 38.0 Å². The van der Waals surface area contributed by atoms with Gasteiger partial charge in [0.1, 0.15) is 0 Å². The second-order valence-electron chi connectivity index (χ2n) is 13.0. The van der Waals surface area contributed by atoms with Gasteiger partial charge < -0.3 is 9.13 Å². The number of benzene rings is 7. The molecule has 0 fully saturated rings. The van der Waals surface area contributed by atoms with E-state index in [9.17, 15) is 0 Å². The molecule has 4 heterocycles. The number of aromatic nitrogens is 4. The fourth-order valence-electron chi connectivity index (χ4n) is 7.85. The molecule has 0 radical (unpaired) electrons. The van der Waals surface area contributed by atoms with Crippen LogP contribution in [0.25, 0.3) is 97.9 Å². The molecule has 51 heavy (non-hydrogen) atoms. The summed E-state index contributed by atoms with van der Waals surface area (Å²) < 4.78 is 7.01. The second-order valence-corrected chi connectivity index (χ2v) is 14.1. The molecule has 11 rings (SSSR count). The number of rotatable bonds is 4. The molecule has 0 saturated heterocycles. The van der Waals surface area contributed by atoms with E-state index in [1.54, 1.807) is 11.3 Å². The van der Waals surface area contributed by atoms with Gasteiger partial charge in [-0.05, 0) is 66.7 Å².